The van der Waals surface area contributed by atoms with Crippen molar-refractivity contribution in [3.05, 3.63) is 83.4 Å². The standard InChI is InChI=1S/C32H42/c1-3-5-6-7-8-9-10-28-15-17-30(18-16-28)21-22-32-25-23-31(24-26-32)20-19-29-13-11-27(4-2)12-14-29/h3,15-18,23-27,29H,1,4-14,19-20H2,2H3. The van der Waals surface area contributed by atoms with Crippen molar-refractivity contribution in [1.29, 1.82) is 0 Å². The van der Waals surface area contributed by atoms with E-state index in [1.54, 1.807) is 0 Å². The van der Waals surface area contributed by atoms with Gasteiger partial charge in [0.15, 0.2) is 0 Å². The lowest BCUT2D eigenvalue weighted by Gasteiger charge is -2.27. The predicted octanol–water partition coefficient (Wildman–Crippen LogP) is 8.91. The Bertz CT molecular complexity index is 836. The van der Waals surface area contributed by atoms with E-state index in [0.29, 0.717) is 0 Å². The highest BCUT2D eigenvalue weighted by molar-refractivity contribution is 5.44. The summed E-state index contributed by atoms with van der Waals surface area (Å²) in [5, 5.41) is 0. The Morgan fingerprint density at radius 3 is 1.81 bits per heavy atom. The monoisotopic (exact) mass is 426 g/mol. The summed E-state index contributed by atoms with van der Waals surface area (Å²) < 4.78 is 0. The van der Waals surface area contributed by atoms with Crippen LogP contribution in [0.25, 0.3) is 0 Å². The van der Waals surface area contributed by atoms with Gasteiger partial charge in [-0.3, -0.25) is 0 Å². The highest BCUT2D eigenvalue weighted by atomic mass is 14.2. The van der Waals surface area contributed by atoms with Crippen LogP contribution in [0.3, 0.4) is 0 Å². The summed E-state index contributed by atoms with van der Waals surface area (Å²) in [6, 6.07) is 17.8. The zero-order valence-corrected chi connectivity index (χ0v) is 20.3. The summed E-state index contributed by atoms with van der Waals surface area (Å²) in [4.78, 5) is 0. The Labute approximate surface area is 197 Å². The number of hydrogen-bond donors (Lipinski definition) is 0. The fraction of sp³-hybridized carbons (Fsp3) is 0.500. The molecule has 0 N–H and O–H groups in total. The number of allylic oxidation sites excluding steroid dienone is 1. The second-order valence-corrected chi connectivity index (χ2v) is 9.72. The van der Waals surface area contributed by atoms with Gasteiger partial charge in [-0.2, -0.15) is 0 Å². The van der Waals surface area contributed by atoms with Crippen LogP contribution in [0.2, 0.25) is 0 Å². The Kier molecular flexibility index (Phi) is 10.7. The van der Waals surface area contributed by atoms with Gasteiger partial charge >= 0.3 is 0 Å². The Morgan fingerprint density at radius 2 is 1.25 bits per heavy atom. The molecule has 170 valence electrons. The summed E-state index contributed by atoms with van der Waals surface area (Å²) >= 11 is 0. The maximum atomic E-state index is 3.79. The van der Waals surface area contributed by atoms with Crippen LogP contribution < -0.4 is 0 Å². The van der Waals surface area contributed by atoms with Crippen molar-refractivity contribution in [2.45, 2.75) is 90.4 Å². The van der Waals surface area contributed by atoms with Gasteiger partial charge in [-0.1, -0.05) is 94.1 Å². The Morgan fingerprint density at radius 1 is 0.719 bits per heavy atom. The van der Waals surface area contributed by atoms with Crippen LogP contribution in [-0.2, 0) is 12.8 Å². The molecule has 32 heavy (non-hydrogen) atoms. The van der Waals surface area contributed by atoms with Crippen molar-refractivity contribution >= 4 is 0 Å². The van der Waals surface area contributed by atoms with E-state index < -0.39 is 0 Å². The second kappa shape index (κ2) is 14.0. The molecular formula is C32H42. The van der Waals surface area contributed by atoms with Gasteiger partial charge in [-0.25, -0.2) is 0 Å². The van der Waals surface area contributed by atoms with Crippen LogP contribution >= 0.6 is 0 Å². The highest BCUT2D eigenvalue weighted by Crippen LogP contribution is 2.33. The third-order valence-electron chi connectivity index (χ3n) is 7.27. The number of benzene rings is 2. The first kappa shape index (κ1) is 24.4. The lowest BCUT2D eigenvalue weighted by Crippen LogP contribution is -2.14. The van der Waals surface area contributed by atoms with E-state index in [0.717, 1.165) is 29.4 Å². The Hall–Kier alpha value is -2.26. The van der Waals surface area contributed by atoms with Gasteiger partial charge in [-0.05, 0) is 85.8 Å². The van der Waals surface area contributed by atoms with Crippen molar-refractivity contribution in [2.75, 3.05) is 0 Å². The van der Waals surface area contributed by atoms with Crippen LogP contribution in [0.4, 0.5) is 0 Å². The van der Waals surface area contributed by atoms with Crippen molar-refractivity contribution in [3.63, 3.8) is 0 Å². The molecule has 0 bridgehead atoms. The molecule has 0 saturated heterocycles. The van der Waals surface area contributed by atoms with Crippen LogP contribution in [0.5, 0.6) is 0 Å². The van der Waals surface area contributed by atoms with E-state index in [-0.39, 0.29) is 0 Å². The number of aryl methyl sites for hydroxylation is 2. The maximum Gasteiger partial charge on any atom is 0.0249 e. The van der Waals surface area contributed by atoms with Crippen LogP contribution in [-0.4, -0.2) is 0 Å². The molecule has 0 heterocycles. The zero-order chi connectivity index (χ0) is 22.4. The van der Waals surface area contributed by atoms with E-state index in [4.69, 9.17) is 0 Å². The van der Waals surface area contributed by atoms with Gasteiger partial charge < -0.3 is 0 Å². The van der Waals surface area contributed by atoms with Gasteiger partial charge in [0.1, 0.15) is 0 Å². The van der Waals surface area contributed by atoms with Crippen molar-refractivity contribution < 1.29 is 0 Å². The average molecular weight is 427 g/mol. The van der Waals surface area contributed by atoms with Gasteiger partial charge in [0.25, 0.3) is 0 Å². The smallest absolute Gasteiger partial charge is 0.0249 e. The van der Waals surface area contributed by atoms with Gasteiger partial charge in [0.05, 0.1) is 0 Å². The topological polar surface area (TPSA) is 0 Å². The lowest BCUT2D eigenvalue weighted by molar-refractivity contribution is 0.259. The second-order valence-electron chi connectivity index (χ2n) is 9.72. The summed E-state index contributed by atoms with van der Waals surface area (Å²) in [7, 11) is 0. The molecule has 0 heteroatoms. The largest absolute Gasteiger partial charge is 0.103 e. The van der Waals surface area contributed by atoms with Gasteiger partial charge in [-0.15, -0.1) is 6.58 Å². The van der Waals surface area contributed by atoms with Crippen molar-refractivity contribution in [2.24, 2.45) is 11.8 Å². The van der Waals surface area contributed by atoms with Crippen LogP contribution in [0.15, 0.2) is 61.2 Å². The molecule has 0 aromatic heterocycles. The molecule has 1 saturated carbocycles. The molecule has 1 aliphatic rings. The predicted molar refractivity (Wildman–Crippen MR) is 140 cm³/mol. The molecule has 0 amide bonds. The molecule has 3 rings (SSSR count). The van der Waals surface area contributed by atoms with Crippen molar-refractivity contribution in [1.82, 2.24) is 0 Å². The first-order valence-corrected chi connectivity index (χ1v) is 13.1. The minimum Gasteiger partial charge on any atom is -0.103 e. The lowest BCUT2D eigenvalue weighted by atomic mass is 9.78. The summed E-state index contributed by atoms with van der Waals surface area (Å²) in [6.45, 7) is 6.14. The fourth-order valence-electron chi connectivity index (χ4n) is 4.92. The molecule has 0 nitrogen and oxygen atoms in total. The minimum absolute atomic E-state index is 0.942. The molecule has 1 fully saturated rings. The van der Waals surface area contributed by atoms with Gasteiger partial charge in [0, 0.05) is 11.1 Å². The SMILES string of the molecule is C=CCCCCCCc1ccc(C#Cc2ccc(CCC3CCC(CC)CC3)cc2)cc1. The van der Waals surface area contributed by atoms with E-state index in [2.05, 4.69) is 73.9 Å². The number of rotatable bonds is 11. The summed E-state index contributed by atoms with van der Waals surface area (Å²) in [5.74, 6) is 8.61. The maximum absolute atomic E-state index is 3.79. The molecule has 0 unspecified atom stereocenters. The summed E-state index contributed by atoms with van der Waals surface area (Å²) in [5.41, 5.74) is 5.10. The van der Waals surface area contributed by atoms with Crippen LogP contribution in [0.1, 0.15) is 99.8 Å². The number of hydrogen-bond acceptors (Lipinski definition) is 0. The first-order chi connectivity index (χ1) is 15.8. The van der Waals surface area contributed by atoms with E-state index in [1.165, 1.54) is 88.2 Å². The molecule has 2 aromatic rings. The van der Waals surface area contributed by atoms with E-state index in [1.807, 2.05) is 6.08 Å². The molecule has 0 atom stereocenters. The third kappa shape index (κ3) is 8.70. The van der Waals surface area contributed by atoms with Crippen LogP contribution in [0, 0.1) is 23.7 Å². The van der Waals surface area contributed by atoms with Crippen molar-refractivity contribution in [3.8, 4) is 11.8 Å². The fourth-order valence-corrected chi connectivity index (χ4v) is 4.92. The molecule has 2 aromatic carbocycles. The zero-order valence-electron chi connectivity index (χ0n) is 20.3. The summed E-state index contributed by atoms with van der Waals surface area (Å²) in [6.07, 6.45) is 19.2. The normalized spacial score (nSPS) is 18.0. The highest BCUT2D eigenvalue weighted by Gasteiger charge is 2.19. The van der Waals surface area contributed by atoms with E-state index >= 15 is 0 Å². The number of unbranched alkanes of at least 4 members (excludes halogenated alkanes) is 4. The third-order valence-corrected chi connectivity index (χ3v) is 7.27. The molecule has 0 radical (unpaired) electrons. The molecule has 0 spiro atoms. The molecule has 1 aliphatic carbocycles. The molecule has 0 aliphatic heterocycles. The van der Waals surface area contributed by atoms with E-state index in [9.17, 15) is 0 Å². The minimum atomic E-state index is 0.942. The first-order valence-electron chi connectivity index (χ1n) is 13.1. The van der Waals surface area contributed by atoms with Gasteiger partial charge in [0.2, 0.25) is 0 Å². The molecular weight excluding hydrogens is 384 g/mol. The quantitative estimate of drug-likeness (QED) is 0.191. The average Bonchev–Trinajstić information content (AvgIpc) is 2.85. The Balaban J connectivity index is 1.40.